The van der Waals surface area contributed by atoms with Gasteiger partial charge in [0, 0.05) is 20.5 Å². The average molecular weight is 520 g/mol. The molecule has 0 bridgehead atoms. The second-order valence-corrected chi connectivity index (χ2v) is 10.3. The van der Waals surface area contributed by atoms with Crippen LogP contribution in [-0.2, 0) is 14.3 Å². The summed E-state index contributed by atoms with van der Waals surface area (Å²) in [6, 6.07) is 0. The van der Waals surface area contributed by atoms with Crippen molar-refractivity contribution in [1.29, 1.82) is 0 Å². The van der Waals surface area contributed by atoms with E-state index in [4.69, 9.17) is 9.47 Å². The summed E-state index contributed by atoms with van der Waals surface area (Å²) in [4.78, 5) is 26.9. The number of aliphatic hydroxyl groups is 2. The Morgan fingerprint density at radius 1 is 0.946 bits per heavy atom. The van der Waals surface area contributed by atoms with Crippen molar-refractivity contribution in [3.8, 4) is 0 Å². The summed E-state index contributed by atoms with van der Waals surface area (Å²) >= 11 is 0. The Hall–Kier alpha value is -2.30. The van der Waals surface area contributed by atoms with Gasteiger partial charge in [-0.2, -0.15) is 0 Å². The zero-order valence-corrected chi connectivity index (χ0v) is 22.7. The first-order chi connectivity index (χ1) is 17.9. The number of carbonyl (C=O) groups excluding carboxylic acids is 1. The standard InChI is InChI=1S/C27H45N5O5/c1-4-5-6-7-8-9-10-11-12-13-14-15-16-21(33)36-17-20-23(34)24(35)27(37-20)32-19-30-22-25(31(2)3)28-18-29-26(22)32/h18-20,23-24,27,34-35H,4-17H2,1-3H3/t20-,23-,24-,27-/m1/s1. The van der Waals surface area contributed by atoms with Crippen LogP contribution in [0.1, 0.15) is 96.6 Å². The van der Waals surface area contributed by atoms with Gasteiger partial charge in [0.05, 0.1) is 6.33 Å². The van der Waals surface area contributed by atoms with Crippen LogP contribution in [0.5, 0.6) is 0 Å². The van der Waals surface area contributed by atoms with E-state index < -0.39 is 24.5 Å². The number of hydrogen-bond acceptors (Lipinski definition) is 9. The van der Waals surface area contributed by atoms with Gasteiger partial charge >= 0.3 is 5.97 Å². The third-order valence-electron chi connectivity index (χ3n) is 7.02. The number of nitrogens with zero attached hydrogens (tertiary/aromatic N) is 5. The maximum absolute atomic E-state index is 12.2. The van der Waals surface area contributed by atoms with E-state index in [0.29, 0.717) is 23.4 Å². The normalized spacial score (nSPS) is 21.5. The van der Waals surface area contributed by atoms with Crippen molar-refractivity contribution in [1.82, 2.24) is 19.5 Å². The fourth-order valence-electron chi connectivity index (χ4n) is 4.81. The van der Waals surface area contributed by atoms with Crippen LogP contribution in [0.2, 0.25) is 0 Å². The van der Waals surface area contributed by atoms with Gasteiger partial charge in [0.1, 0.15) is 31.2 Å². The van der Waals surface area contributed by atoms with Crippen molar-refractivity contribution in [2.24, 2.45) is 0 Å². The SMILES string of the molecule is CCCCCCCCCCCCCCC(=O)OC[C@H]1O[C@@H](n2cnc3c(N(C)C)ncnc32)[C@H](O)[C@@H]1O. The highest BCUT2D eigenvalue weighted by Gasteiger charge is 2.45. The highest BCUT2D eigenvalue weighted by Crippen LogP contribution is 2.32. The van der Waals surface area contributed by atoms with Crippen LogP contribution in [0.3, 0.4) is 0 Å². The summed E-state index contributed by atoms with van der Waals surface area (Å²) in [5.41, 5.74) is 1.05. The van der Waals surface area contributed by atoms with Gasteiger partial charge in [-0.1, -0.05) is 77.6 Å². The van der Waals surface area contributed by atoms with E-state index in [1.165, 1.54) is 70.4 Å². The lowest BCUT2D eigenvalue weighted by atomic mass is 10.0. The maximum atomic E-state index is 12.2. The van der Waals surface area contributed by atoms with Crippen LogP contribution in [0.25, 0.3) is 11.2 Å². The van der Waals surface area contributed by atoms with Gasteiger partial charge in [-0.15, -0.1) is 0 Å². The number of anilines is 1. The van der Waals surface area contributed by atoms with E-state index in [9.17, 15) is 15.0 Å². The molecule has 0 spiro atoms. The summed E-state index contributed by atoms with van der Waals surface area (Å²) in [5.74, 6) is 0.331. The number of rotatable bonds is 17. The predicted octanol–water partition coefficient (Wildman–Crippen LogP) is 4.15. The molecule has 10 nitrogen and oxygen atoms in total. The molecule has 0 amide bonds. The number of ether oxygens (including phenoxy) is 2. The number of unbranched alkanes of at least 4 members (excludes halogenated alkanes) is 11. The van der Waals surface area contributed by atoms with Crippen molar-refractivity contribution in [2.45, 2.75) is 115 Å². The third kappa shape index (κ3) is 8.35. The number of aromatic nitrogens is 4. The first kappa shape index (κ1) is 29.3. The van der Waals surface area contributed by atoms with E-state index in [1.54, 1.807) is 4.57 Å². The molecule has 208 valence electrons. The Kier molecular flexibility index (Phi) is 12.0. The van der Waals surface area contributed by atoms with Gasteiger partial charge in [0.15, 0.2) is 23.2 Å². The number of fused-ring (bicyclic) bond motifs is 1. The van der Waals surface area contributed by atoms with E-state index >= 15 is 0 Å². The molecule has 3 heterocycles. The molecule has 1 saturated heterocycles. The molecule has 2 aromatic heterocycles. The van der Waals surface area contributed by atoms with Crippen LogP contribution in [0, 0.1) is 0 Å². The molecule has 10 heteroatoms. The summed E-state index contributed by atoms with van der Waals surface area (Å²) in [6.45, 7) is 2.13. The van der Waals surface area contributed by atoms with Gasteiger partial charge in [-0.25, -0.2) is 15.0 Å². The van der Waals surface area contributed by atoms with Gasteiger partial charge in [0.25, 0.3) is 0 Å². The lowest BCUT2D eigenvalue weighted by molar-refractivity contribution is -0.150. The Morgan fingerprint density at radius 3 is 2.19 bits per heavy atom. The lowest BCUT2D eigenvalue weighted by Gasteiger charge is -2.17. The smallest absolute Gasteiger partial charge is 0.305 e. The summed E-state index contributed by atoms with van der Waals surface area (Å²) in [6.07, 6.45) is 14.0. The van der Waals surface area contributed by atoms with E-state index in [-0.39, 0.29) is 12.6 Å². The zero-order chi connectivity index (χ0) is 26.6. The quantitative estimate of drug-likeness (QED) is 0.234. The van der Waals surface area contributed by atoms with E-state index in [2.05, 4.69) is 21.9 Å². The second-order valence-electron chi connectivity index (χ2n) is 10.3. The summed E-state index contributed by atoms with van der Waals surface area (Å²) < 4.78 is 12.8. The molecule has 2 N–H and O–H groups in total. The van der Waals surface area contributed by atoms with Crippen molar-refractivity contribution in [2.75, 3.05) is 25.6 Å². The van der Waals surface area contributed by atoms with Crippen molar-refractivity contribution in [3.05, 3.63) is 12.7 Å². The molecule has 0 unspecified atom stereocenters. The summed E-state index contributed by atoms with van der Waals surface area (Å²) in [5, 5.41) is 21.1. The molecule has 0 aliphatic carbocycles. The number of hydrogen-bond donors (Lipinski definition) is 2. The fraction of sp³-hybridized carbons (Fsp3) is 0.778. The van der Waals surface area contributed by atoms with Gasteiger partial charge < -0.3 is 24.6 Å². The van der Waals surface area contributed by atoms with Gasteiger partial charge in [0.2, 0.25) is 0 Å². The Bertz CT molecular complexity index is 952. The van der Waals surface area contributed by atoms with Crippen molar-refractivity contribution in [3.63, 3.8) is 0 Å². The molecule has 2 aromatic rings. The topological polar surface area (TPSA) is 123 Å². The lowest BCUT2D eigenvalue weighted by Crippen LogP contribution is -2.34. The highest BCUT2D eigenvalue weighted by atomic mass is 16.6. The number of aliphatic hydroxyl groups excluding tert-OH is 2. The molecule has 0 radical (unpaired) electrons. The van der Waals surface area contributed by atoms with Crippen LogP contribution in [0.4, 0.5) is 5.82 Å². The van der Waals surface area contributed by atoms with Crippen LogP contribution < -0.4 is 4.90 Å². The van der Waals surface area contributed by atoms with Crippen LogP contribution >= 0.6 is 0 Å². The molecule has 0 aromatic carbocycles. The monoisotopic (exact) mass is 519 g/mol. The van der Waals surface area contributed by atoms with E-state index in [1.807, 2.05) is 19.0 Å². The molecule has 1 aliphatic rings. The minimum absolute atomic E-state index is 0.115. The summed E-state index contributed by atoms with van der Waals surface area (Å²) in [7, 11) is 3.71. The molecular weight excluding hydrogens is 474 g/mol. The predicted molar refractivity (Wildman–Crippen MR) is 142 cm³/mol. The number of esters is 1. The maximum Gasteiger partial charge on any atom is 0.305 e. The zero-order valence-electron chi connectivity index (χ0n) is 22.7. The molecule has 1 aliphatic heterocycles. The molecule has 0 saturated carbocycles. The van der Waals surface area contributed by atoms with Crippen molar-refractivity contribution < 1.29 is 24.5 Å². The molecule has 4 atom stereocenters. The van der Waals surface area contributed by atoms with E-state index in [0.717, 1.165) is 19.3 Å². The second kappa shape index (κ2) is 15.2. The van der Waals surface area contributed by atoms with Crippen LogP contribution in [0.15, 0.2) is 12.7 Å². The molecule has 37 heavy (non-hydrogen) atoms. The number of carbonyl (C=O) groups is 1. The average Bonchev–Trinajstić information content (AvgIpc) is 3.44. The van der Waals surface area contributed by atoms with Crippen LogP contribution in [-0.4, -0.2) is 74.7 Å². The first-order valence-electron chi connectivity index (χ1n) is 14.0. The Labute approximate surface area is 220 Å². The Morgan fingerprint density at radius 2 is 1.57 bits per heavy atom. The number of imidazole rings is 1. The third-order valence-corrected chi connectivity index (χ3v) is 7.02. The van der Waals surface area contributed by atoms with Gasteiger partial charge in [-0.05, 0) is 6.42 Å². The van der Waals surface area contributed by atoms with Crippen molar-refractivity contribution >= 4 is 23.0 Å². The Balaban J connectivity index is 1.33. The largest absolute Gasteiger partial charge is 0.463 e. The molecule has 3 rings (SSSR count). The minimum atomic E-state index is -1.21. The first-order valence-corrected chi connectivity index (χ1v) is 14.0. The fourth-order valence-corrected chi connectivity index (χ4v) is 4.81. The molecular formula is C27H45N5O5. The van der Waals surface area contributed by atoms with Gasteiger partial charge in [-0.3, -0.25) is 9.36 Å². The minimum Gasteiger partial charge on any atom is -0.463 e. The molecule has 1 fully saturated rings. The highest BCUT2D eigenvalue weighted by molar-refractivity contribution is 5.83.